The van der Waals surface area contributed by atoms with E-state index in [-0.39, 0.29) is 11.9 Å². The summed E-state index contributed by atoms with van der Waals surface area (Å²) in [5.74, 6) is 0.210. The number of carbonyl (C=O) groups is 2. The van der Waals surface area contributed by atoms with Crippen molar-refractivity contribution in [2.75, 3.05) is 32.7 Å². The molecule has 5 heteroatoms. The fraction of sp³-hybridized carbons (Fsp3) is 0.556. The molecular weight excluding hydrogens is 292 g/mol. The Bertz CT molecular complexity index is 529. The zero-order valence-electron chi connectivity index (χ0n) is 14.2. The minimum atomic E-state index is -0.472. The summed E-state index contributed by atoms with van der Waals surface area (Å²) in [7, 11) is 0. The molecule has 23 heavy (non-hydrogen) atoms. The van der Waals surface area contributed by atoms with Crippen molar-refractivity contribution in [2.45, 2.75) is 32.8 Å². The van der Waals surface area contributed by atoms with Crippen LogP contribution in [-0.2, 0) is 16.0 Å². The third-order valence-corrected chi connectivity index (χ3v) is 3.67. The van der Waals surface area contributed by atoms with Gasteiger partial charge in [0.15, 0.2) is 5.78 Å². The molecule has 0 aromatic heterocycles. The van der Waals surface area contributed by atoms with Gasteiger partial charge in [0.05, 0.1) is 6.54 Å². The van der Waals surface area contributed by atoms with Crippen LogP contribution >= 0.6 is 0 Å². The Labute approximate surface area is 138 Å². The van der Waals surface area contributed by atoms with Gasteiger partial charge in [-0.2, -0.15) is 0 Å². The monoisotopic (exact) mass is 318 g/mol. The van der Waals surface area contributed by atoms with Crippen molar-refractivity contribution in [2.24, 2.45) is 0 Å². The van der Waals surface area contributed by atoms with Crippen molar-refractivity contribution in [3.63, 3.8) is 0 Å². The molecular formula is C18H26N2O3. The van der Waals surface area contributed by atoms with Gasteiger partial charge in [0, 0.05) is 32.6 Å². The summed E-state index contributed by atoms with van der Waals surface area (Å²) >= 11 is 0. The van der Waals surface area contributed by atoms with Crippen LogP contribution in [0.5, 0.6) is 0 Å². The Morgan fingerprint density at radius 3 is 2.22 bits per heavy atom. The Morgan fingerprint density at radius 1 is 1.04 bits per heavy atom. The van der Waals surface area contributed by atoms with Gasteiger partial charge >= 0.3 is 6.09 Å². The summed E-state index contributed by atoms with van der Waals surface area (Å²) in [5.41, 5.74) is 0.574. The van der Waals surface area contributed by atoms with Crippen molar-refractivity contribution in [1.82, 2.24) is 9.80 Å². The van der Waals surface area contributed by atoms with Crippen LogP contribution in [0.25, 0.3) is 0 Å². The molecule has 1 aromatic rings. The second-order valence-corrected chi connectivity index (χ2v) is 6.94. The molecule has 1 heterocycles. The van der Waals surface area contributed by atoms with E-state index in [9.17, 15) is 9.59 Å². The van der Waals surface area contributed by atoms with Gasteiger partial charge in [-0.3, -0.25) is 9.69 Å². The molecule has 1 aliphatic rings. The van der Waals surface area contributed by atoms with E-state index in [1.165, 1.54) is 0 Å². The summed E-state index contributed by atoms with van der Waals surface area (Å²) in [4.78, 5) is 28.0. The van der Waals surface area contributed by atoms with Gasteiger partial charge in [0.25, 0.3) is 0 Å². The minimum Gasteiger partial charge on any atom is -0.444 e. The highest BCUT2D eigenvalue weighted by molar-refractivity contribution is 5.82. The molecule has 1 amide bonds. The van der Waals surface area contributed by atoms with Crippen molar-refractivity contribution in [1.29, 1.82) is 0 Å². The fourth-order valence-electron chi connectivity index (χ4n) is 2.54. The van der Waals surface area contributed by atoms with Gasteiger partial charge in [-0.05, 0) is 26.3 Å². The Kier molecular flexibility index (Phi) is 5.77. The van der Waals surface area contributed by atoms with Gasteiger partial charge < -0.3 is 9.64 Å². The first-order valence-electron chi connectivity index (χ1n) is 8.09. The molecule has 0 spiro atoms. The minimum absolute atomic E-state index is 0.210. The van der Waals surface area contributed by atoms with Crippen molar-refractivity contribution in [3.8, 4) is 0 Å². The number of amides is 1. The first kappa shape index (κ1) is 17.5. The Morgan fingerprint density at radius 2 is 1.65 bits per heavy atom. The van der Waals surface area contributed by atoms with E-state index in [1.807, 2.05) is 51.1 Å². The lowest BCUT2D eigenvalue weighted by molar-refractivity contribution is -0.119. The molecule has 0 N–H and O–H groups in total. The molecule has 1 aromatic carbocycles. The van der Waals surface area contributed by atoms with Crippen LogP contribution < -0.4 is 0 Å². The van der Waals surface area contributed by atoms with Crippen LogP contribution in [0.15, 0.2) is 30.3 Å². The molecule has 126 valence electrons. The van der Waals surface area contributed by atoms with Crippen molar-refractivity contribution >= 4 is 11.9 Å². The molecule has 2 rings (SSSR count). The predicted molar refractivity (Wildman–Crippen MR) is 89.4 cm³/mol. The van der Waals surface area contributed by atoms with Gasteiger partial charge in [-0.15, -0.1) is 0 Å². The van der Waals surface area contributed by atoms with Crippen LogP contribution in [0.1, 0.15) is 26.3 Å². The highest BCUT2D eigenvalue weighted by Gasteiger charge is 2.26. The second kappa shape index (κ2) is 7.59. The molecule has 0 bridgehead atoms. The summed E-state index contributed by atoms with van der Waals surface area (Å²) in [6.07, 6.45) is 0.195. The fourth-order valence-corrected chi connectivity index (χ4v) is 2.54. The zero-order valence-corrected chi connectivity index (χ0v) is 14.2. The second-order valence-electron chi connectivity index (χ2n) is 6.94. The number of nitrogens with zero attached hydrogens (tertiary/aromatic N) is 2. The quantitative estimate of drug-likeness (QED) is 0.855. The van der Waals surface area contributed by atoms with E-state index < -0.39 is 5.60 Å². The van der Waals surface area contributed by atoms with E-state index in [2.05, 4.69) is 4.90 Å². The van der Waals surface area contributed by atoms with Crippen LogP contribution in [-0.4, -0.2) is 60.0 Å². The smallest absolute Gasteiger partial charge is 0.410 e. The van der Waals surface area contributed by atoms with Crippen LogP contribution in [0.3, 0.4) is 0 Å². The first-order chi connectivity index (χ1) is 10.8. The summed E-state index contributed by atoms with van der Waals surface area (Å²) in [6.45, 7) is 8.66. The third kappa shape index (κ3) is 6.02. The standard InChI is InChI=1S/C18H26N2O3/c1-18(2,3)23-17(22)20-11-9-19(10-12-20)14-16(21)13-15-7-5-4-6-8-15/h4-8H,9-14H2,1-3H3. The normalized spacial score (nSPS) is 16.2. The highest BCUT2D eigenvalue weighted by atomic mass is 16.6. The molecule has 0 atom stereocenters. The maximum absolute atomic E-state index is 12.1. The number of ketones is 1. The number of benzene rings is 1. The van der Waals surface area contributed by atoms with Crippen LogP contribution in [0.4, 0.5) is 4.79 Å². The average Bonchev–Trinajstić information content (AvgIpc) is 2.47. The molecule has 0 aliphatic carbocycles. The topological polar surface area (TPSA) is 49.9 Å². The van der Waals surface area contributed by atoms with E-state index in [0.29, 0.717) is 39.1 Å². The van der Waals surface area contributed by atoms with Crippen molar-refractivity contribution < 1.29 is 14.3 Å². The van der Waals surface area contributed by atoms with Gasteiger partial charge in [-0.25, -0.2) is 4.79 Å². The lowest BCUT2D eigenvalue weighted by Crippen LogP contribution is -2.51. The number of hydrogen-bond acceptors (Lipinski definition) is 4. The van der Waals surface area contributed by atoms with E-state index in [4.69, 9.17) is 4.74 Å². The summed E-state index contributed by atoms with van der Waals surface area (Å²) in [5, 5.41) is 0. The zero-order chi connectivity index (χ0) is 16.9. The molecule has 5 nitrogen and oxygen atoms in total. The molecule has 0 saturated carbocycles. The van der Waals surface area contributed by atoms with Gasteiger partial charge in [-0.1, -0.05) is 30.3 Å². The number of rotatable bonds is 4. The molecule has 1 fully saturated rings. The predicted octanol–water partition coefficient (Wildman–Crippen LogP) is 2.35. The van der Waals surface area contributed by atoms with E-state index >= 15 is 0 Å². The number of hydrogen-bond donors (Lipinski definition) is 0. The van der Waals surface area contributed by atoms with Gasteiger partial charge in [0.1, 0.15) is 5.60 Å². The van der Waals surface area contributed by atoms with E-state index in [0.717, 1.165) is 5.56 Å². The van der Waals surface area contributed by atoms with E-state index in [1.54, 1.807) is 4.90 Å². The third-order valence-electron chi connectivity index (χ3n) is 3.67. The number of carbonyl (C=O) groups excluding carboxylic acids is 2. The maximum Gasteiger partial charge on any atom is 0.410 e. The first-order valence-corrected chi connectivity index (χ1v) is 8.09. The molecule has 0 radical (unpaired) electrons. The maximum atomic E-state index is 12.1. The lowest BCUT2D eigenvalue weighted by atomic mass is 10.1. The Balaban J connectivity index is 1.74. The SMILES string of the molecule is CC(C)(C)OC(=O)N1CCN(CC(=O)Cc2ccccc2)CC1. The largest absolute Gasteiger partial charge is 0.444 e. The van der Waals surface area contributed by atoms with Crippen molar-refractivity contribution in [3.05, 3.63) is 35.9 Å². The van der Waals surface area contributed by atoms with Gasteiger partial charge in [0.2, 0.25) is 0 Å². The average molecular weight is 318 g/mol. The summed E-state index contributed by atoms with van der Waals surface area (Å²) in [6, 6.07) is 9.78. The number of piperazine rings is 1. The molecule has 1 saturated heterocycles. The number of Topliss-reactive ketones (excluding diaryl/α,β-unsaturated/α-hetero) is 1. The summed E-state index contributed by atoms with van der Waals surface area (Å²) < 4.78 is 5.37. The molecule has 0 unspecified atom stereocenters. The number of ether oxygens (including phenoxy) is 1. The lowest BCUT2D eigenvalue weighted by Gasteiger charge is -2.35. The highest BCUT2D eigenvalue weighted by Crippen LogP contribution is 2.12. The Hall–Kier alpha value is -1.88. The van der Waals surface area contributed by atoms with Crippen LogP contribution in [0, 0.1) is 0 Å². The van der Waals surface area contributed by atoms with Crippen LogP contribution in [0.2, 0.25) is 0 Å². The molecule has 1 aliphatic heterocycles.